The monoisotopic (exact) mass is 491 g/mol. The van der Waals surface area contributed by atoms with Crippen LogP contribution in [0.25, 0.3) is 10.2 Å². The number of nitrogens with zero attached hydrogens (tertiary/aromatic N) is 3. The van der Waals surface area contributed by atoms with Crippen molar-refractivity contribution < 1.29 is 28.8 Å². The highest BCUT2D eigenvalue weighted by atomic mass is 32.1. The summed E-state index contributed by atoms with van der Waals surface area (Å²) in [7, 11) is 0. The van der Waals surface area contributed by atoms with Crippen LogP contribution in [0.1, 0.15) is 29.1 Å². The number of Topliss-reactive ketones (excluding diaryl/α,β-unsaturated/α-hetero) is 1. The van der Waals surface area contributed by atoms with Crippen molar-refractivity contribution >= 4 is 44.1 Å². The number of nitro benzene ring substituents is 1. The molecule has 0 fully saturated rings. The second-order valence-electron chi connectivity index (χ2n) is 7.55. The van der Waals surface area contributed by atoms with E-state index >= 15 is 0 Å². The highest BCUT2D eigenvalue weighted by Crippen LogP contribution is 2.44. The number of aliphatic hydroxyl groups excluding tert-OH is 1. The zero-order valence-electron chi connectivity index (χ0n) is 18.2. The van der Waals surface area contributed by atoms with Gasteiger partial charge in [-0.15, -0.1) is 0 Å². The maximum atomic E-state index is 13.3. The lowest BCUT2D eigenvalue weighted by Crippen LogP contribution is -2.30. The number of thiazole rings is 1. The summed E-state index contributed by atoms with van der Waals surface area (Å²) < 4.78 is 11.5. The normalized spacial score (nSPS) is 15.7. The highest BCUT2D eigenvalue weighted by molar-refractivity contribution is 7.22. The summed E-state index contributed by atoms with van der Waals surface area (Å²) in [6.45, 7) is 2.35. The van der Waals surface area contributed by atoms with Crippen LogP contribution in [0.4, 0.5) is 10.8 Å². The highest BCUT2D eigenvalue weighted by Gasteiger charge is 2.46. The molecule has 10 nitrogen and oxygen atoms in total. The molecule has 1 N–H and O–H groups in total. The number of nitro groups is 1. The number of non-ortho nitro benzene ring substituents is 1. The molecule has 2 aromatic heterocycles. The predicted octanol–water partition coefficient (Wildman–Crippen LogP) is 4.98. The molecule has 4 aromatic rings. The number of hydrogen-bond acceptors (Lipinski definition) is 9. The number of carbonyl (C=O) groups is 2. The number of amides is 1. The third-order valence-electron chi connectivity index (χ3n) is 5.48. The van der Waals surface area contributed by atoms with Crippen LogP contribution >= 0.6 is 11.3 Å². The van der Waals surface area contributed by atoms with E-state index in [9.17, 15) is 24.8 Å². The lowest BCUT2D eigenvalue weighted by molar-refractivity contribution is -0.384. The largest absolute Gasteiger partial charge is 0.503 e. The van der Waals surface area contributed by atoms with Crippen LogP contribution < -0.4 is 9.64 Å². The third-order valence-corrected chi connectivity index (χ3v) is 6.50. The van der Waals surface area contributed by atoms with Gasteiger partial charge in [-0.1, -0.05) is 11.3 Å². The summed E-state index contributed by atoms with van der Waals surface area (Å²) in [6.07, 6.45) is 1.31. The Morgan fingerprint density at radius 1 is 1.26 bits per heavy atom. The molecule has 0 saturated carbocycles. The van der Waals surface area contributed by atoms with E-state index in [-0.39, 0.29) is 22.2 Å². The molecule has 0 spiro atoms. The molecule has 1 aliphatic rings. The Bertz CT molecular complexity index is 1490. The molecule has 176 valence electrons. The van der Waals surface area contributed by atoms with Crippen LogP contribution in [-0.2, 0) is 4.79 Å². The quantitative estimate of drug-likeness (QED) is 0.217. The van der Waals surface area contributed by atoms with E-state index in [2.05, 4.69) is 4.98 Å². The SMILES string of the molecule is CCOc1ccc2nc(N3C(=O)C(O)=C(C(=O)c4ccco4)[C@@H]3c3ccc([N+](=O)[O-])cc3)sc2c1. The predicted molar refractivity (Wildman–Crippen MR) is 127 cm³/mol. The first-order valence-corrected chi connectivity index (χ1v) is 11.3. The van der Waals surface area contributed by atoms with E-state index in [0.717, 1.165) is 4.70 Å². The minimum Gasteiger partial charge on any atom is -0.503 e. The van der Waals surface area contributed by atoms with Gasteiger partial charge in [0.2, 0.25) is 5.78 Å². The molecule has 0 unspecified atom stereocenters. The minimum absolute atomic E-state index is 0.0567. The molecule has 11 heteroatoms. The summed E-state index contributed by atoms with van der Waals surface area (Å²) in [5.74, 6) is -1.63. The minimum atomic E-state index is -1.08. The zero-order chi connectivity index (χ0) is 24.7. The Kier molecular flexibility index (Phi) is 5.53. The van der Waals surface area contributed by atoms with Crippen LogP contribution in [-0.4, -0.2) is 33.3 Å². The maximum absolute atomic E-state index is 13.3. The van der Waals surface area contributed by atoms with Gasteiger partial charge < -0.3 is 14.3 Å². The number of ketones is 1. The number of carbonyl (C=O) groups excluding carboxylic acids is 2. The van der Waals surface area contributed by atoms with Gasteiger partial charge in [0.1, 0.15) is 5.75 Å². The fraction of sp³-hybridized carbons (Fsp3) is 0.125. The topological polar surface area (TPSA) is 136 Å². The molecule has 0 radical (unpaired) electrons. The van der Waals surface area contributed by atoms with E-state index in [1.54, 1.807) is 18.2 Å². The number of rotatable bonds is 7. The second kappa shape index (κ2) is 8.69. The zero-order valence-corrected chi connectivity index (χ0v) is 19.0. The van der Waals surface area contributed by atoms with E-state index in [1.165, 1.54) is 58.9 Å². The van der Waals surface area contributed by atoms with Crippen LogP contribution in [0.3, 0.4) is 0 Å². The van der Waals surface area contributed by atoms with Gasteiger partial charge in [0.05, 0.1) is 39.6 Å². The summed E-state index contributed by atoms with van der Waals surface area (Å²) >= 11 is 1.19. The summed E-state index contributed by atoms with van der Waals surface area (Å²) in [5, 5.41) is 22.2. The molecule has 35 heavy (non-hydrogen) atoms. The van der Waals surface area contributed by atoms with Gasteiger partial charge in [0, 0.05) is 12.1 Å². The molecular formula is C24H17N3O7S. The number of aliphatic hydroxyl groups is 1. The van der Waals surface area contributed by atoms with Crippen LogP contribution in [0.5, 0.6) is 5.75 Å². The fourth-order valence-electron chi connectivity index (χ4n) is 3.92. The van der Waals surface area contributed by atoms with Crippen LogP contribution in [0.2, 0.25) is 0 Å². The van der Waals surface area contributed by atoms with Gasteiger partial charge in [0.25, 0.3) is 11.6 Å². The van der Waals surface area contributed by atoms with Crippen molar-refractivity contribution in [3.63, 3.8) is 0 Å². The number of aromatic nitrogens is 1. The van der Waals surface area contributed by atoms with Gasteiger partial charge in [-0.25, -0.2) is 4.98 Å². The maximum Gasteiger partial charge on any atom is 0.296 e. The number of fused-ring (bicyclic) bond motifs is 1. The number of anilines is 1. The number of ether oxygens (including phenoxy) is 1. The van der Waals surface area contributed by atoms with Gasteiger partial charge in [-0.2, -0.15) is 0 Å². The molecule has 1 amide bonds. The summed E-state index contributed by atoms with van der Waals surface area (Å²) in [5.41, 5.74) is 0.638. The average molecular weight is 491 g/mol. The van der Waals surface area contributed by atoms with E-state index < -0.39 is 28.4 Å². The van der Waals surface area contributed by atoms with Crippen molar-refractivity contribution in [1.29, 1.82) is 0 Å². The van der Waals surface area contributed by atoms with Gasteiger partial charge in [-0.3, -0.25) is 24.6 Å². The molecule has 0 bridgehead atoms. The lowest BCUT2D eigenvalue weighted by Gasteiger charge is -2.24. The van der Waals surface area contributed by atoms with E-state index in [1.807, 2.05) is 6.92 Å². The van der Waals surface area contributed by atoms with Crippen molar-refractivity contribution in [2.45, 2.75) is 13.0 Å². The second-order valence-corrected chi connectivity index (χ2v) is 8.56. The lowest BCUT2D eigenvalue weighted by atomic mass is 9.95. The summed E-state index contributed by atoms with van der Waals surface area (Å²) in [4.78, 5) is 42.9. The van der Waals surface area contributed by atoms with Crippen LogP contribution in [0, 0.1) is 10.1 Å². The Morgan fingerprint density at radius 2 is 2.03 bits per heavy atom. The van der Waals surface area contributed by atoms with E-state index in [4.69, 9.17) is 9.15 Å². The van der Waals surface area contributed by atoms with Crippen molar-refractivity contribution in [3.05, 3.63) is 93.6 Å². The fourth-order valence-corrected chi connectivity index (χ4v) is 4.94. The van der Waals surface area contributed by atoms with Crippen molar-refractivity contribution in [3.8, 4) is 5.75 Å². The van der Waals surface area contributed by atoms with Gasteiger partial charge in [-0.05, 0) is 55.0 Å². The van der Waals surface area contributed by atoms with Crippen molar-refractivity contribution in [2.75, 3.05) is 11.5 Å². The third kappa shape index (κ3) is 3.81. The molecule has 0 saturated heterocycles. The van der Waals surface area contributed by atoms with Gasteiger partial charge >= 0.3 is 0 Å². The number of benzene rings is 2. The van der Waals surface area contributed by atoms with Crippen LogP contribution in [0.15, 0.2) is 76.6 Å². The molecule has 0 aliphatic carbocycles. The molecule has 2 aromatic carbocycles. The first-order chi connectivity index (χ1) is 16.9. The van der Waals surface area contributed by atoms with Crippen molar-refractivity contribution in [2.24, 2.45) is 0 Å². The standard InChI is InChI=1S/C24H17N3O7S/c1-2-33-15-9-10-16-18(12-15)35-24(25-16)26-20(13-5-7-14(8-6-13)27(31)32)19(22(29)23(26)30)21(28)17-4-3-11-34-17/h3-12,20,29H,2H2,1H3/t20-/m0/s1. The molecule has 5 rings (SSSR count). The average Bonchev–Trinajstić information content (AvgIpc) is 3.58. The first-order valence-electron chi connectivity index (χ1n) is 10.5. The first kappa shape index (κ1) is 22.3. The Morgan fingerprint density at radius 3 is 2.69 bits per heavy atom. The summed E-state index contributed by atoms with van der Waals surface area (Å²) in [6, 6.07) is 12.6. The Balaban J connectivity index is 1.64. The Hall–Kier alpha value is -4.51. The van der Waals surface area contributed by atoms with E-state index in [0.29, 0.717) is 23.4 Å². The molecular weight excluding hydrogens is 474 g/mol. The molecule has 1 atom stereocenters. The number of hydrogen-bond donors (Lipinski definition) is 1. The smallest absolute Gasteiger partial charge is 0.296 e. The number of furan rings is 1. The van der Waals surface area contributed by atoms with Crippen molar-refractivity contribution in [1.82, 2.24) is 4.98 Å². The van der Waals surface area contributed by atoms with Gasteiger partial charge in [0.15, 0.2) is 16.7 Å². The Labute approximate surface area is 201 Å². The molecule has 1 aliphatic heterocycles. The molecule has 3 heterocycles.